The van der Waals surface area contributed by atoms with Gasteiger partial charge in [-0.15, -0.1) is 0 Å². The molecule has 0 aliphatic heterocycles. The molecule has 1 aromatic carbocycles. The molecule has 0 aliphatic rings. The number of alkyl halides is 2. The highest BCUT2D eigenvalue weighted by Gasteiger charge is 2.40. The molecule has 8 nitrogen and oxygen atoms in total. The van der Waals surface area contributed by atoms with Crippen molar-refractivity contribution in [2.24, 2.45) is 7.05 Å². The zero-order chi connectivity index (χ0) is 23.3. The fourth-order valence-corrected chi connectivity index (χ4v) is 3.27. The number of nitrogens with zero attached hydrogens (tertiary/aromatic N) is 3. The summed E-state index contributed by atoms with van der Waals surface area (Å²) in [7, 11) is 1.55. The van der Waals surface area contributed by atoms with Crippen LogP contribution in [0.4, 0.5) is 8.78 Å². The van der Waals surface area contributed by atoms with E-state index in [1.54, 1.807) is 44.4 Å². The molecule has 3 rings (SSSR count). The SMILES string of the molecule is CCOC(=O)C(C)(CC(F)F)NC(=O)c1c2cc(OCc3ccccn3)ccc2nn1C. The summed E-state index contributed by atoms with van der Waals surface area (Å²) >= 11 is 0. The Morgan fingerprint density at radius 2 is 2.03 bits per heavy atom. The van der Waals surface area contributed by atoms with Crippen molar-refractivity contribution in [3.8, 4) is 5.75 Å². The molecule has 0 fully saturated rings. The van der Waals surface area contributed by atoms with Crippen molar-refractivity contribution in [3.05, 3.63) is 54.0 Å². The van der Waals surface area contributed by atoms with Crippen molar-refractivity contribution < 1.29 is 27.8 Å². The number of benzene rings is 1. The first-order valence-electron chi connectivity index (χ1n) is 10.0. The Kier molecular flexibility index (Phi) is 7.01. The smallest absolute Gasteiger partial charge is 0.331 e. The standard InChI is InChI=1S/C22H24F2N4O4/c1-4-31-21(30)22(2,12-18(23)24)26-20(29)19-16-11-15(8-9-17(16)27-28(19)3)32-13-14-7-5-6-10-25-14/h5-11,18H,4,12-13H2,1-3H3,(H,26,29). The van der Waals surface area contributed by atoms with Gasteiger partial charge in [-0.2, -0.15) is 5.10 Å². The number of hydrogen-bond donors (Lipinski definition) is 1. The first-order chi connectivity index (χ1) is 15.2. The summed E-state index contributed by atoms with van der Waals surface area (Å²) in [5, 5.41) is 7.16. The van der Waals surface area contributed by atoms with Crippen LogP contribution in [0.5, 0.6) is 5.75 Å². The lowest BCUT2D eigenvalue weighted by molar-refractivity contribution is -0.151. The molecule has 1 unspecified atom stereocenters. The molecule has 3 aromatic rings. The van der Waals surface area contributed by atoms with E-state index in [4.69, 9.17) is 9.47 Å². The third-order valence-electron chi connectivity index (χ3n) is 4.81. The second-order valence-corrected chi connectivity index (χ2v) is 7.36. The minimum Gasteiger partial charge on any atom is -0.487 e. The number of pyridine rings is 1. The highest BCUT2D eigenvalue weighted by molar-refractivity contribution is 6.07. The van der Waals surface area contributed by atoms with Gasteiger partial charge in [0.25, 0.3) is 5.91 Å². The maximum Gasteiger partial charge on any atom is 0.331 e. The quantitative estimate of drug-likeness (QED) is 0.507. The minimum atomic E-state index is -2.82. The molecule has 0 radical (unpaired) electrons. The lowest BCUT2D eigenvalue weighted by Gasteiger charge is -2.28. The van der Waals surface area contributed by atoms with Gasteiger partial charge in [-0.3, -0.25) is 14.5 Å². The minimum absolute atomic E-state index is 0.000850. The largest absolute Gasteiger partial charge is 0.487 e. The van der Waals surface area contributed by atoms with Crippen LogP contribution in [0.2, 0.25) is 0 Å². The van der Waals surface area contributed by atoms with Gasteiger partial charge in [0.15, 0.2) is 0 Å². The molecule has 2 aromatic heterocycles. The van der Waals surface area contributed by atoms with Crippen LogP contribution in [0, 0.1) is 0 Å². The Morgan fingerprint density at radius 1 is 1.25 bits per heavy atom. The molecule has 1 amide bonds. The van der Waals surface area contributed by atoms with Crippen LogP contribution in [-0.4, -0.2) is 45.2 Å². The van der Waals surface area contributed by atoms with Crippen molar-refractivity contribution >= 4 is 22.8 Å². The molecule has 1 N–H and O–H groups in total. The van der Waals surface area contributed by atoms with Gasteiger partial charge in [-0.05, 0) is 44.2 Å². The zero-order valence-electron chi connectivity index (χ0n) is 18.0. The maximum absolute atomic E-state index is 13.1. The van der Waals surface area contributed by atoms with Gasteiger partial charge in [0.1, 0.15) is 23.6 Å². The van der Waals surface area contributed by atoms with Gasteiger partial charge in [0.2, 0.25) is 6.43 Å². The van der Waals surface area contributed by atoms with Crippen LogP contribution >= 0.6 is 0 Å². The van der Waals surface area contributed by atoms with Crippen LogP contribution < -0.4 is 10.1 Å². The van der Waals surface area contributed by atoms with Crippen molar-refractivity contribution in [2.45, 2.75) is 38.8 Å². The predicted octanol–water partition coefficient (Wildman–Crippen LogP) is 3.25. The summed E-state index contributed by atoms with van der Waals surface area (Å²) in [6, 6.07) is 10.5. The molecule has 170 valence electrons. The average molecular weight is 446 g/mol. The number of amides is 1. The van der Waals surface area contributed by atoms with E-state index < -0.39 is 30.3 Å². The number of carbonyl (C=O) groups is 2. The van der Waals surface area contributed by atoms with E-state index in [2.05, 4.69) is 15.4 Å². The van der Waals surface area contributed by atoms with E-state index in [0.29, 0.717) is 16.7 Å². The van der Waals surface area contributed by atoms with Crippen LogP contribution in [0.1, 0.15) is 36.5 Å². The average Bonchev–Trinajstić information content (AvgIpc) is 3.07. The number of nitrogens with one attached hydrogen (secondary N) is 1. The molecule has 32 heavy (non-hydrogen) atoms. The lowest BCUT2D eigenvalue weighted by Crippen LogP contribution is -2.54. The van der Waals surface area contributed by atoms with Crippen LogP contribution in [0.3, 0.4) is 0 Å². The Hall–Kier alpha value is -3.56. The van der Waals surface area contributed by atoms with Gasteiger partial charge >= 0.3 is 5.97 Å². The number of halogens is 2. The van der Waals surface area contributed by atoms with E-state index in [1.165, 1.54) is 11.6 Å². The molecular formula is C22H24F2N4O4. The molecule has 10 heteroatoms. The third-order valence-corrected chi connectivity index (χ3v) is 4.81. The molecule has 0 spiro atoms. The number of esters is 1. The summed E-state index contributed by atoms with van der Waals surface area (Å²) in [4.78, 5) is 29.6. The first kappa shape index (κ1) is 23.1. The second-order valence-electron chi connectivity index (χ2n) is 7.36. The van der Waals surface area contributed by atoms with Gasteiger partial charge in [0, 0.05) is 25.1 Å². The zero-order valence-corrected chi connectivity index (χ0v) is 18.0. The van der Waals surface area contributed by atoms with Gasteiger partial charge < -0.3 is 14.8 Å². The van der Waals surface area contributed by atoms with Crippen molar-refractivity contribution in [1.29, 1.82) is 0 Å². The number of ether oxygens (including phenoxy) is 2. The summed E-state index contributed by atoms with van der Waals surface area (Å²) in [6.07, 6.45) is -2.04. The van der Waals surface area contributed by atoms with Crippen LogP contribution in [0.25, 0.3) is 10.9 Å². The third kappa shape index (κ3) is 5.19. The van der Waals surface area contributed by atoms with Gasteiger partial charge in [-0.25, -0.2) is 13.6 Å². The number of aromatic nitrogens is 3. The molecule has 0 saturated carbocycles. The number of aryl methyl sites for hydroxylation is 1. The fraction of sp³-hybridized carbons (Fsp3) is 0.364. The predicted molar refractivity (Wildman–Crippen MR) is 112 cm³/mol. The molecular weight excluding hydrogens is 422 g/mol. The molecule has 2 heterocycles. The van der Waals surface area contributed by atoms with E-state index in [0.717, 1.165) is 5.69 Å². The van der Waals surface area contributed by atoms with Crippen molar-refractivity contribution in [1.82, 2.24) is 20.1 Å². The molecule has 1 atom stereocenters. The van der Waals surface area contributed by atoms with Crippen LogP contribution in [-0.2, 0) is 23.2 Å². The lowest BCUT2D eigenvalue weighted by atomic mass is 9.97. The Labute approximate surface area is 183 Å². The maximum atomic E-state index is 13.1. The summed E-state index contributed by atoms with van der Waals surface area (Å²) in [5.41, 5.74) is -0.554. The summed E-state index contributed by atoms with van der Waals surface area (Å²) in [6.45, 7) is 3.00. The molecule has 0 aliphatic carbocycles. The van der Waals surface area contributed by atoms with E-state index in [1.807, 2.05) is 12.1 Å². The van der Waals surface area contributed by atoms with Crippen molar-refractivity contribution in [2.75, 3.05) is 6.61 Å². The molecule has 0 saturated heterocycles. The number of carbonyl (C=O) groups excluding carboxylic acids is 2. The van der Waals surface area contributed by atoms with Gasteiger partial charge in [0.05, 0.1) is 17.8 Å². The number of rotatable bonds is 9. The second kappa shape index (κ2) is 9.71. The number of fused-ring (bicyclic) bond motifs is 1. The monoisotopic (exact) mass is 446 g/mol. The highest BCUT2D eigenvalue weighted by atomic mass is 19.3. The summed E-state index contributed by atoms with van der Waals surface area (Å²) < 4.78 is 38.3. The molecule has 0 bridgehead atoms. The van der Waals surface area contributed by atoms with E-state index in [9.17, 15) is 18.4 Å². The van der Waals surface area contributed by atoms with E-state index in [-0.39, 0.29) is 18.9 Å². The summed E-state index contributed by atoms with van der Waals surface area (Å²) in [5.74, 6) is -1.18. The van der Waals surface area contributed by atoms with Crippen LogP contribution in [0.15, 0.2) is 42.6 Å². The fourth-order valence-electron chi connectivity index (χ4n) is 3.27. The Balaban J connectivity index is 1.88. The Bertz CT molecular complexity index is 1100. The van der Waals surface area contributed by atoms with Gasteiger partial charge in [-0.1, -0.05) is 6.07 Å². The first-order valence-corrected chi connectivity index (χ1v) is 10.0. The Morgan fingerprint density at radius 3 is 2.69 bits per heavy atom. The highest BCUT2D eigenvalue weighted by Crippen LogP contribution is 2.26. The topological polar surface area (TPSA) is 95.3 Å². The normalized spacial score (nSPS) is 13.1. The van der Waals surface area contributed by atoms with E-state index >= 15 is 0 Å². The van der Waals surface area contributed by atoms with Crippen molar-refractivity contribution in [3.63, 3.8) is 0 Å². The number of hydrogen-bond acceptors (Lipinski definition) is 6.